The average molecular weight is 310 g/mol. The van der Waals surface area contributed by atoms with E-state index in [1.807, 2.05) is 18.2 Å². The predicted molar refractivity (Wildman–Crippen MR) is 80.0 cm³/mol. The van der Waals surface area contributed by atoms with Gasteiger partial charge in [0, 0.05) is 16.0 Å². The first kappa shape index (κ1) is 12.7. The molecule has 0 amide bonds. The maximum Gasteiger partial charge on any atom is 0.162 e. The van der Waals surface area contributed by atoms with Crippen molar-refractivity contribution in [2.24, 2.45) is 0 Å². The lowest BCUT2D eigenvalue weighted by Gasteiger charge is -2.06. The van der Waals surface area contributed by atoms with E-state index < -0.39 is 0 Å². The van der Waals surface area contributed by atoms with Crippen molar-refractivity contribution in [3.63, 3.8) is 0 Å². The second kappa shape index (κ2) is 4.97. The van der Waals surface area contributed by atoms with Crippen LogP contribution in [0.4, 0.5) is 0 Å². The molecule has 0 saturated carbocycles. The van der Waals surface area contributed by atoms with Gasteiger partial charge in [-0.15, -0.1) is 0 Å². The Morgan fingerprint density at radius 3 is 2.42 bits per heavy atom. The van der Waals surface area contributed by atoms with Crippen LogP contribution in [0.3, 0.4) is 0 Å². The molecule has 2 aromatic carbocycles. The van der Waals surface area contributed by atoms with Crippen molar-refractivity contribution in [3.8, 4) is 11.4 Å². The van der Waals surface area contributed by atoms with Gasteiger partial charge in [-0.25, -0.2) is 9.97 Å². The first-order chi connectivity index (χ1) is 9.15. The van der Waals surface area contributed by atoms with E-state index >= 15 is 0 Å². The van der Waals surface area contributed by atoms with E-state index in [1.165, 1.54) is 0 Å². The standard InChI is InChI=1S/C14H7Cl3N2/c15-8-5-6-10-12(7-8)18-14(19-13(10)17)9-3-1-2-4-11(9)16/h1-7H. The Morgan fingerprint density at radius 2 is 1.63 bits per heavy atom. The first-order valence-electron chi connectivity index (χ1n) is 5.53. The topological polar surface area (TPSA) is 25.8 Å². The van der Waals surface area contributed by atoms with Crippen LogP contribution in [-0.2, 0) is 0 Å². The molecule has 3 rings (SSSR count). The maximum atomic E-state index is 6.18. The monoisotopic (exact) mass is 308 g/mol. The molecule has 0 unspecified atom stereocenters. The summed E-state index contributed by atoms with van der Waals surface area (Å²) in [6.07, 6.45) is 0. The summed E-state index contributed by atoms with van der Waals surface area (Å²) in [6.45, 7) is 0. The van der Waals surface area contributed by atoms with Crippen LogP contribution in [0, 0.1) is 0 Å². The highest BCUT2D eigenvalue weighted by atomic mass is 35.5. The molecule has 0 N–H and O–H groups in total. The first-order valence-corrected chi connectivity index (χ1v) is 6.66. The van der Waals surface area contributed by atoms with Crippen LogP contribution in [0.25, 0.3) is 22.3 Å². The molecule has 0 fully saturated rings. The van der Waals surface area contributed by atoms with E-state index in [2.05, 4.69) is 9.97 Å². The second-order valence-corrected chi connectivity index (χ2v) is 5.18. The van der Waals surface area contributed by atoms with Crippen molar-refractivity contribution >= 4 is 45.7 Å². The minimum absolute atomic E-state index is 0.386. The molecule has 0 spiro atoms. The largest absolute Gasteiger partial charge is 0.228 e. The van der Waals surface area contributed by atoms with Crippen molar-refractivity contribution in [1.29, 1.82) is 0 Å². The van der Waals surface area contributed by atoms with Crippen LogP contribution in [0.1, 0.15) is 0 Å². The van der Waals surface area contributed by atoms with Crippen LogP contribution < -0.4 is 0 Å². The molecule has 0 aliphatic heterocycles. The van der Waals surface area contributed by atoms with E-state index in [0.717, 1.165) is 10.9 Å². The maximum absolute atomic E-state index is 6.18. The third-order valence-electron chi connectivity index (χ3n) is 2.73. The minimum atomic E-state index is 0.386. The molecule has 2 nitrogen and oxygen atoms in total. The molecule has 0 saturated heterocycles. The molecule has 3 aromatic rings. The zero-order chi connectivity index (χ0) is 13.4. The zero-order valence-corrected chi connectivity index (χ0v) is 11.8. The van der Waals surface area contributed by atoms with E-state index in [0.29, 0.717) is 26.5 Å². The summed E-state index contributed by atoms with van der Waals surface area (Å²) in [7, 11) is 0. The molecule has 19 heavy (non-hydrogen) atoms. The number of fused-ring (bicyclic) bond motifs is 1. The third-order valence-corrected chi connectivity index (χ3v) is 3.58. The Bertz CT molecular complexity index is 772. The Balaban J connectivity index is 2.29. The quantitative estimate of drug-likeness (QED) is 0.573. The predicted octanol–water partition coefficient (Wildman–Crippen LogP) is 5.26. The Labute approximate surface area is 125 Å². The third kappa shape index (κ3) is 2.39. The van der Waals surface area contributed by atoms with Crippen molar-refractivity contribution in [2.75, 3.05) is 0 Å². The smallest absolute Gasteiger partial charge is 0.162 e. The van der Waals surface area contributed by atoms with Gasteiger partial charge in [0.15, 0.2) is 5.82 Å². The number of nitrogens with zero attached hydrogens (tertiary/aromatic N) is 2. The fourth-order valence-corrected chi connectivity index (χ4v) is 2.45. The number of benzene rings is 2. The van der Waals surface area contributed by atoms with Crippen LogP contribution in [0.5, 0.6) is 0 Å². The highest BCUT2D eigenvalue weighted by Gasteiger charge is 2.10. The van der Waals surface area contributed by atoms with Crippen LogP contribution >= 0.6 is 34.8 Å². The van der Waals surface area contributed by atoms with Crippen LogP contribution in [0.15, 0.2) is 42.5 Å². The van der Waals surface area contributed by atoms with Gasteiger partial charge in [-0.2, -0.15) is 0 Å². The normalized spacial score (nSPS) is 10.9. The van der Waals surface area contributed by atoms with E-state index in [4.69, 9.17) is 34.8 Å². The highest BCUT2D eigenvalue weighted by Crippen LogP contribution is 2.29. The molecule has 0 atom stereocenters. The van der Waals surface area contributed by atoms with Gasteiger partial charge in [-0.1, -0.05) is 46.9 Å². The molecule has 0 aliphatic rings. The van der Waals surface area contributed by atoms with E-state index in [1.54, 1.807) is 24.3 Å². The summed E-state index contributed by atoms with van der Waals surface area (Å²) in [5.74, 6) is 0.491. The summed E-state index contributed by atoms with van der Waals surface area (Å²) in [6, 6.07) is 12.7. The number of hydrogen-bond acceptors (Lipinski definition) is 2. The number of aromatic nitrogens is 2. The number of hydrogen-bond donors (Lipinski definition) is 0. The van der Waals surface area contributed by atoms with Crippen molar-refractivity contribution < 1.29 is 0 Å². The second-order valence-electron chi connectivity index (χ2n) is 3.98. The van der Waals surface area contributed by atoms with Crippen molar-refractivity contribution in [3.05, 3.63) is 57.7 Å². The van der Waals surface area contributed by atoms with Gasteiger partial charge in [-0.05, 0) is 30.3 Å². The molecular weight excluding hydrogens is 303 g/mol. The summed E-state index contributed by atoms with van der Waals surface area (Å²) in [4.78, 5) is 8.75. The fraction of sp³-hybridized carbons (Fsp3) is 0. The molecule has 0 aliphatic carbocycles. The molecule has 5 heteroatoms. The molecule has 0 bridgehead atoms. The van der Waals surface area contributed by atoms with Crippen LogP contribution in [0.2, 0.25) is 15.2 Å². The van der Waals surface area contributed by atoms with Gasteiger partial charge in [0.1, 0.15) is 5.15 Å². The van der Waals surface area contributed by atoms with Crippen molar-refractivity contribution in [2.45, 2.75) is 0 Å². The van der Waals surface area contributed by atoms with Gasteiger partial charge in [0.25, 0.3) is 0 Å². The lowest BCUT2D eigenvalue weighted by Crippen LogP contribution is -1.92. The lowest BCUT2D eigenvalue weighted by atomic mass is 10.2. The Hall–Kier alpha value is -1.35. The van der Waals surface area contributed by atoms with Gasteiger partial charge in [0.05, 0.1) is 10.5 Å². The van der Waals surface area contributed by atoms with Crippen molar-refractivity contribution in [1.82, 2.24) is 9.97 Å². The molecule has 1 aromatic heterocycles. The molecule has 1 heterocycles. The van der Waals surface area contributed by atoms with Gasteiger partial charge < -0.3 is 0 Å². The van der Waals surface area contributed by atoms with E-state index in [-0.39, 0.29) is 0 Å². The molecular formula is C14H7Cl3N2. The fourth-order valence-electron chi connectivity index (χ4n) is 1.83. The summed E-state index contributed by atoms with van der Waals surface area (Å²) < 4.78 is 0. The summed E-state index contributed by atoms with van der Waals surface area (Å²) in [5, 5.41) is 2.34. The van der Waals surface area contributed by atoms with E-state index in [9.17, 15) is 0 Å². The SMILES string of the molecule is Clc1ccc2c(Cl)nc(-c3ccccc3Cl)nc2c1. The summed E-state index contributed by atoms with van der Waals surface area (Å²) >= 11 is 18.3. The number of halogens is 3. The Kier molecular flexibility index (Phi) is 3.31. The minimum Gasteiger partial charge on any atom is -0.228 e. The molecule has 94 valence electrons. The summed E-state index contributed by atoms with van der Waals surface area (Å²) in [5.41, 5.74) is 1.44. The average Bonchev–Trinajstić information content (AvgIpc) is 2.38. The number of rotatable bonds is 1. The Morgan fingerprint density at radius 1 is 0.842 bits per heavy atom. The lowest BCUT2D eigenvalue weighted by molar-refractivity contribution is 1.23. The zero-order valence-electron chi connectivity index (χ0n) is 9.57. The molecule has 0 radical (unpaired) electrons. The van der Waals surface area contributed by atoms with Crippen LogP contribution in [-0.4, -0.2) is 9.97 Å². The van der Waals surface area contributed by atoms with Gasteiger partial charge in [-0.3, -0.25) is 0 Å². The highest BCUT2D eigenvalue weighted by molar-refractivity contribution is 6.35. The van der Waals surface area contributed by atoms with Gasteiger partial charge >= 0.3 is 0 Å². The van der Waals surface area contributed by atoms with Gasteiger partial charge in [0.2, 0.25) is 0 Å².